The number of hydrogen-bond donors (Lipinski definition) is 2. The highest BCUT2D eigenvalue weighted by atomic mass is 31.1. The van der Waals surface area contributed by atoms with Gasteiger partial charge in [-0.1, -0.05) is 7.92 Å². The number of fused-ring (bicyclic) bond motifs is 1. The standard InChI is InChI=1S/C21H19FN7O3P/c1-32-17-10-12(22)16(29(30)31)11-15(17)27-21-25-7-6-18(28-21)26-14-5-4-13-19(20(14)33(2)3)24-9-8-23-13/h4-11H,1-3H3,(H2,25,26,27,28). The number of benzene rings is 2. The second kappa shape index (κ2) is 9.25. The summed E-state index contributed by atoms with van der Waals surface area (Å²) in [5, 5.41) is 18.3. The molecule has 10 nitrogen and oxygen atoms in total. The van der Waals surface area contributed by atoms with Gasteiger partial charge in [0.25, 0.3) is 0 Å². The highest BCUT2D eigenvalue weighted by molar-refractivity contribution is 7.65. The van der Waals surface area contributed by atoms with E-state index in [0.29, 0.717) is 5.82 Å². The second-order valence-electron chi connectivity index (χ2n) is 7.06. The predicted octanol–water partition coefficient (Wildman–Crippen LogP) is 4.33. The van der Waals surface area contributed by atoms with Gasteiger partial charge in [0.05, 0.1) is 28.8 Å². The fourth-order valence-corrected chi connectivity index (χ4v) is 4.48. The second-order valence-corrected chi connectivity index (χ2v) is 9.29. The van der Waals surface area contributed by atoms with E-state index >= 15 is 0 Å². The predicted molar refractivity (Wildman–Crippen MR) is 126 cm³/mol. The van der Waals surface area contributed by atoms with Crippen molar-refractivity contribution in [3.05, 3.63) is 64.9 Å². The average Bonchev–Trinajstić information content (AvgIpc) is 2.79. The number of nitro benzene ring substituents is 1. The summed E-state index contributed by atoms with van der Waals surface area (Å²) in [5.41, 5.74) is 1.96. The minimum Gasteiger partial charge on any atom is -0.494 e. The molecule has 4 rings (SSSR count). The Morgan fingerprint density at radius 3 is 2.55 bits per heavy atom. The minimum absolute atomic E-state index is 0.0815. The van der Waals surface area contributed by atoms with Crippen LogP contribution in [0.5, 0.6) is 5.75 Å². The molecule has 0 atom stereocenters. The van der Waals surface area contributed by atoms with Crippen LogP contribution in [0.1, 0.15) is 0 Å². The first-order valence-corrected chi connectivity index (χ1v) is 11.9. The Kier molecular flexibility index (Phi) is 6.23. The maximum Gasteiger partial charge on any atom is 0.307 e. The van der Waals surface area contributed by atoms with Crippen LogP contribution in [-0.2, 0) is 0 Å². The number of rotatable bonds is 7. The Balaban J connectivity index is 1.67. The molecule has 2 aromatic carbocycles. The third kappa shape index (κ3) is 4.63. The van der Waals surface area contributed by atoms with Crippen molar-refractivity contribution in [2.24, 2.45) is 0 Å². The normalized spacial score (nSPS) is 10.9. The van der Waals surface area contributed by atoms with Gasteiger partial charge in [0.1, 0.15) is 11.6 Å². The van der Waals surface area contributed by atoms with Gasteiger partial charge in [-0.3, -0.25) is 20.1 Å². The zero-order chi connectivity index (χ0) is 23.5. The average molecular weight is 467 g/mol. The van der Waals surface area contributed by atoms with Crippen molar-refractivity contribution in [3.8, 4) is 5.75 Å². The fraction of sp³-hybridized carbons (Fsp3) is 0.143. The van der Waals surface area contributed by atoms with E-state index in [2.05, 4.69) is 43.9 Å². The van der Waals surface area contributed by atoms with Gasteiger partial charge in [-0.25, -0.2) is 4.98 Å². The van der Waals surface area contributed by atoms with Crippen LogP contribution in [0.2, 0.25) is 0 Å². The number of nitrogens with one attached hydrogen (secondary N) is 2. The molecule has 0 spiro atoms. The lowest BCUT2D eigenvalue weighted by atomic mass is 10.2. The zero-order valence-electron chi connectivity index (χ0n) is 17.9. The number of nitro groups is 1. The van der Waals surface area contributed by atoms with Crippen LogP contribution in [0.15, 0.2) is 48.9 Å². The van der Waals surface area contributed by atoms with E-state index in [1.54, 1.807) is 18.5 Å². The number of nitrogens with zero attached hydrogens (tertiary/aromatic N) is 5. The minimum atomic E-state index is -0.999. The van der Waals surface area contributed by atoms with Crippen LogP contribution in [0, 0.1) is 15.9 Å². The largest absolute Gasteiger partial charge is 0.494 e. The Bertz CT molecular complexity index is 1350. The maximum atomic E-state index is 13.9. The van der Waals surface area contributed by atoms with E-state index < -0.39 is 24.3 Å². The van der Waals surface area contributed by atoms with Crippen molar-refractivity contribution >= 4 is 53.1 Å². The first kappa shape index (κ1) is 22.2. The summed E-state index contributed by atoms with van der Waals surface area (Å²) in [5.74, 6) is -0.277. The smallest absolute Gasteiger partial charge is 0.307 e. The van der Waals surface area contributed by atoms with E-state index in [4.69, 9.17) is 4.74 Å². The molecule has 2 aromatic heterocycles. The molecule has 168 valence electrons. The highest BCUT2D eigenvalue weighted by Crippen LogP contribution is 2.34. The van der Waals surface area contributed by atoms with Crippen LogP contribution >= 0.6 is 7.92 Å². The number of aromatic nitrogens is 4. The lowest BCUT2D eigenvalue weighted by molar-refractivity contribution is -0.387. The van der Waals surface area contributed by atoms with Crippen molar-refractivity contribution < 1.29 is 14.1 Å². The van der Waals surface area contributed by atoms with E-state index in [1.165, 1.54) is 13.3 Å². The van der Waals surface area contributed by atoms with Crippen LogP contribution < -0.4 is 20.7 Å². The molecule has 0 aliphatic carbocycles. The molecule has 0 radical (unpaired) electrons. The maximum absolute atomic E-state index is 13.9. The molecular weight excluding hydrogens is 448 g/mol. The summed E-state index contributed by atoms with van der Waals surface area (Å²) in [7, 11) is 0.816. The summed E-state index contributed by atoms with van der Waals surface area (Å²) in [6, 6.07) is 7.48. The van der Waals surface area contributed by atoms with Gasteiger partial charge < -0.3 is 15.4 Å². The summed E-state index contributed by atoms with van der Waals surface area (Å²) >= 11 is 0. The number of halogens is 1. The van der Waals surface area contributed by atoms with Crippen LogP contribution in [0.4, 0.5) is 33.2 Å². The van der Waals surface area contributed by atoms with E-state index in [-0.39, 0.29) is 17.4 Å². The molecule has 0 aliphatic heterocycles. The monoisotopic (exact) mass is 467 g/mol. The molecular formula is C21H19FN7O3P. The molecule has 0 saturated carbocycles. The van der Waals surface area contributed by atoms with E-state index in [0.717, 1.165) is 34.2 Å². The Morgan fingerprint density at radius 2 is 1.82 bits per heavy atom. The van der Waals surface area contributed by atoms with E-state index in [9.17, 15) is 14.5 Å². The summed E-state index contributed by atoms with van der Waals surface area (Å²) in [6.07, 6.45) is 4.85. The van der Waals surface area contributed by atoms with Gasteiger partial charge in [0.15, 0.2) is 0 Å². The lowest BCUT2D eigenvalue weighted by Gasteiger charge is -2.17. The fourth-order valence-electron chi connectivity index (χ4n) is 3.27. The quantitative estimate of drug-likeness (QED) is 0.232. The number of hydrogen-bond acceptors (Lipinski definition) is 9. The van der Waals surface area contributed by atoms with Crippen molar-refractivity contribution in [3.63, 3.8) is 0 Å². The van der Waals surface area contributed by atoms with Crippen molar-refractivity contribution in [2.75, 3.05) is 31.1 Å². The molecule has 0 bridgehead atoms. The molecule has 0 fully saturated rings. The molecule has 0 amide bonds. The molecule has 33 heavy (non-hydrogen) atoms. The molecule has 0 unspecified atom stereocenters. The third-order valence-electron chi connectivity index (χ3n) is 4.69. The molecule has 4 aromatic rings. The molecule has 0 aliphatic rings. The number of ether oxygens (including phenoxy) is 1. The number of methoxy groups -OCH3 is 1. The first-order chi connectivity index (χ1) is 15.9. The third-order valence-corrected chi connectivity index (χ3v) is 6.04. The summed E-state index contributed by atoms with van der Waals surface area (Å²) in [6.45, 7) is 4.26. The zero-order valence-corrected chi connectivity index (χ0v) is 18.8. The lowest BCUT2D eigenvalue weighted by Crippen LogP contribution is -2.11. The van der Waals surface area contributed by atoms with Crippen molar-refractivity contribution in [1.82, 2.24) is 19.9 Å². The van der Waals surface area contributed by atoms with Gasteiger partial charge in [-0.2, -0.15) is 9.37 Å². The summed E-state index contributed by atoms with van der Waals surface area (Å²) < 4.78 is 19.1. The highest BCUT2D eigenvalue weighted by Gasteiger charge is 2.20. The van der Waals surface area contributed by atoms with Gasteiger partial charge in [-0.15, -0.1) is 0 Å². The Hall–Kier alpha value is -3.98. The van der Waals surface area contributed by atoms with Gasteiger partial charge in [0, 0.05) is 41.7 Å². The topological polar surface area (TPSA) is 128 Å². The van der Waals surface area contributed by atoms with Crippen LogP contribution in [-0.4, -0.2) is 45.3 Å². The van der Waals surface area contributed by atoms with Gasteiger partial charge in [-0.05, 0) is 31.5 Å². The van der Waals surface area contributed by atoms with E-state index in [1.807, 2.05) is 12.1 Å². The molecule has 2 N–H and O–H groups in total. The van der Waals surface area contributed by atoms with Crippen LogP contribution in [0.25, 0.3) is 11.0 Å². The van der Waals surface area contributed by atoms with Gasteiger partial charge in [0.2, 0.25) is 11.8 Å². The van der Waals surface area contributed by atoms with Gasteiger partial charge >= 0.3 is 5.69 Å². The first-order valence-electron chi connectivity index (χ1n) is 9.67. The Labute approximate surface area is 189 Å². The SMILES string of the molecule is COc1cc(F)c([N+](=O)[O-])cc1Nc1nccc(Nc2ccc3nccnc3c2P(C)C)n1. The molecule has 0 saturated heterocycles. The van der Waals surface area contributed by atoms with Crippen molar-refractivity contribution in [1.29, 1.82) is 0 Å². The molecule has 2 heterocycles. The molecule has 12 heteroatoms. The Morgan fingerprint density at radius 1 is 1.03 bits per heavy atom. The number of anilines is 4. The summed E-state index contributed by atoms with van der Waals surface area (Å²) in [4.78, 5) is 27.8. The van der Waals surface area contributed by atoms with Crippen molar-refractivity contribution in [2.45, 2.75) is 0 Å². The van der Waals surface area contributed by atoms with Crippen LogP contribution in [0.3, 0.4) is 0 Å².